The van der Waals surface area contributed by atoms with Crippen molar-refractivity contribution in [2.45, 2.75) is 6.42 Å². The highest BCUT2D eigenvalue weighted by atomic mass is 16.6. The van der Waals surface area contributed by atoms with Crippen molar-refractivity contribution in [3.8, 4) is 6.07 Å². The molecule has 1 amide bonds. The number of nitrogens with zero attached hydrogens (tertiary/aromatic N) is 2. The minimum absolute atomic E-state index is 0.0466. The number of hydrogen-bond acceptors (Lipinski definition) is 5. The van der Waals surface area contributed by atoms with Crippen LogP contribution in [0.5, 0.6) is 0 Å². The molecule has 0 spiro atoms. The Labute approximate surface area is 122 Å². The molecule has 0 heterocycles. The van der Waals surface area contributed by atoms with E-state index < -0.39 is 10.8 Å². The van der Waals surface area contributed by atoms with Crippen molar-refractivity contribution in [3.05, 3.63) is 45.5 Å². The number of nitriles is 1. The first-order chi connectivity index (χ1) is 10.1. The highest BCUT2D eigenvalue weighted by molar-refractivity contribution is 6.01. The Morgan fingerprint density at radius 1 is 1.48 bits per heavy atom. The molecule has 0 saturated heterocycles. The van der Waals surface area contributed by atoms with E-state index in [2.05, 4.69) is 5.32 Å². The zero-order chi connectivity index (χ0) is 15.7. The van der Waals surface area contributed by atoms with Crippen LogP contribution in [0.25, 0.3) is 6.08 Å². The summed E-state index contributed by atoms with van der Waals surface area (Å²) in [6.45, 7) is 0.931. The van der Waals surface area contributed by atoms with E-state index in [9.17, 15) is 14.9 Å². The fourth-order valence-electron chi connectivity index (χ4n) is 1.52. The first-order valence-corrected chi connectivity index (χ1v) is 6.22. The van der Waals surface area contributed by atoms with E-state index in [0.29, 0.717) is 25.1 Å². The first kappa shape index (κ1) is 16.3. The lowest BCUT2D eigenvalue weighted by Crippen LogP contribution is -2.26. The Morgan fingerprint density at radius 3 is 2.67 bits per heavy atom. The monoisotopic (exact) mass is 289 g/mol. The molecule has 110 valence electrons. The van der Waals surface area contributed by atoms with E-state index in [4.69, 9.17) is 10.00 Å². The molecule has 0 bridgehead atoms. The minimum Gasteiger partial charge on any atom is -0.385 e. The van der Waals surface area contributed by atoms with E-state index in [0.717, 1.165) is 0 Å². The maximum Gasteiger partial charge on any atom is 0.269 e. The third-order valence-electron chi connectivity index (χ3n) is 2.59. The molecule has 0 saturated carbocycles. The fourth-order valence-corrected chi connectivity index (χ4v) is 1.52. The third-order valence-corrected chi connectivity index (χ3v) is 2.59. The van der Waals surface area contributed by atoms with Gasteiger partial charge in [0.15, 0.2) is 0 Å². The molecule has 0 aliphatic rings. The van der Waals surface area contributed by atoms with E-state index in [1.807, 2.05) is 6.07 Å². The molecule has 0 unspecified atom stereocenters. The molecular weight excluding hydrogens is 274 g/mol. The molecule has 1 N–H and O–H groups in total. The zero-order valence-electron chi connectivity index (χ0n) is 11.5. The van der Waals surface area contributed by atoms with Crippen LogP contribution in [0.2, 0.25) is 0 Å². The number of nitro groups is 1. The van der Waals surface area contributed by atoms with Gasteiger partial charge in [0.1, 0.15) is 11.6 Å². The van der Waals surface area contributed by atoms with Crippen molar-refractivity contribution in [3.63, 3.8) is 0 Å². The topological polar surface area (TPSA) is 105 Å². The molecule has 1 aromatic carbocycles. The quantitative estimate of drug-likeness (QED) is 0.270. The van der Waals surface area contributed by atoms with Gasteiger partial charge in [0.25, 0.3) is 11.6 Å². The van der Waals surface area contributed by atoms with E-state index in [1.54, 1.807) is 7.11 Å². The van der Waals surface area contributed by atoms with Gasteiger partial charge in [0.05, 0.1) is 4.92 Å². The second-order valence-electron chi connectivity index (χ2n) is 4.12. The van der Waals surface area contributed by atoms with Gasteiger partial charge in [-0.25, -0.2) is 0 Å². The molecule has 0 aromatic heterocycles. The third kappa shape index (κ3) is 5.42. The number of ether oxygens (including phenoxy) is 1. The molecule has 0 fully saturated rings. The summed E-state index contributed by atoms with van der Waals surface area (Å²) in [5, 5.41) is 22.1. The number of nitrogens with one attached hydrogen (secondary N) is 1. The van der Waals surface area contributed by atoms with E-state index >= 15 is 0 Å². The summed E-state index contributed by atoms with van der Waals surface area (Å²) >= 11 is 0. The predicted octanol–water partition coefficient (Wildman–Crippen LogP) is 1.65. The average molecular weight is 289 g/mol. The highest BCUT2D eigenvalue weighted by Gasteiger charge is 2.09. The molecule has 0 aliphatic carbocycles. The van der Waals surface area contributed by atoms with Gasteiger partial charge < -0.3 is 10.1 Å². The molecule has 0 atom stereocenters. The average Bonchev–Trinajstić information content (AvgIpc) is 2.49. The van der Waals surface area contributed by atoms with Crippen molar-refractivity contribution in [1.29, 1.82) is 5.26 Å². The Bertz CT molecular complexity index is 573. The van der Waals surface area contributed by atoms with Gasteiger partial charge in [0, 0.05) is 32.4 Å². The first-order valence-electron chi connectivity index (χ1n) is 6.22. The summed E-state index contributed by atoms with van der Waals surface area (Å²) in [6, 6.07) is 7.41. The minimum atomic E-state index is -0.513. The summed E-state index contributed by atoms with van der Waals surface area (Å²) in [6.07, 6.45) is 2.04. The lowest BCUT2D eigenvalue weighted by atomic mass is 10.1. The fraction of sp³-hybridized carbons (Fsp3) is 0.286. The number of carbonyl (C=O) groups excluding carboxylic acids is 1. The van der Waals surface area contributed by atoms with Crippen LogP contribution >= 0.6 is 0 Å². The van der Waals surface area contributed by atoms with Gasteiger partial charge in [-0.2, -0.15) is 5.26 Å². The van der Waals surface area contributed by atoms with Crippen molar-refractivity contribution in [1.82, 2.24) is 5.32 Å². The Hall–Kier alpha value is -2.72. The summed E-state index contributed by atoms with van der Waals surface area (Å²) in [4.78, 5) is 21.8. The molecule has 7 heteroatoms. The van der Waals surface area contributed by atoms with Gasteiger partial charge in [0.2, 0.25) is 0 Å². The summed E-state index contributed by atoms with van der Waals surface area (Å²) < 4.78 is 4.85. The van der Waals surface area contributed by atoms with Gasteiger partial charge in [-0.3, -0.25) is 14.9 Å². The van der Waals surface area contributed by atoms with Crippen LogP contribution in [0, 0.1) is 21.4 Å². The van der Waals surface area contributed by atoms with Crippen LogP contribution in [0.15, 0.2) is 29.8 Å². The molecular formula is C14H15N3O4. The Kier molecular flexibility index (Phi) is 6.57. The standard InChI is InChI=1S/C14H15N3O4/c1-21-8-2-7-16-14(18)12(10-15)9-11-3-5-13(6-4-11)17(19)20/h3-6,9H,2,7-8H2,1H3,(H,16,18). The molecule has 0 aliphatic heterocycles. The largest absolute Gasteiger partial charge is 0.385 e. The number of nitro benzene ring substituents is 1. The van der Waals surface area contributed by atoms with Crippen molar-refractivity contribution >= 4 is 17.7 Å². The van der Waals surface area contributed by atoms with Crippen LogP contribution in [0.4, 0.5) is 5.69 Å². The molecule has 7 nitrogen and oxygen atoms in total. The molecule has 1 rings (SSSR count). The maximum absolute atomic E-state index is 11.8. The number of methoxy groups -OCH3 is 1. The van der Waals surface area contributed by atoms with E-state index in [1.165, 1.54) is 30.3 Å². The molecule has 0 radical (unpaired) electrons. The number of amides is 1. The van der Waals surface area contributed by atoms with Gasteiger partial charge in [-0.1, -0.05) is 0 Å². The van der Waals surface area contributed by atoms with Crippen LogP contribution in [0.3, 0.4) is 0 Å². The van der Waals surface area contributed by atoms with Crippen LogP contribution in [-0.2, 0) is 9.53 Å². The molecule has 21 heavy (non-hydrogen) atoms. The summed E-state index contributed by atoms with van der Waals surface area (Å²) in [7, 11) is 1.57. The van der Waals surface area contributed by atoms with Gasteiger partial charge in [-0.05, 0) is 30.2 Å². The summed E-state index contributed by atoms with van der Waals surface area (Å²) in [5.74, 6) is -0.480. The number of hydrogen-bond donors (Lipinski definition) is 1. The zero-order valence-corrected chi connectivity index (χ0v) is 11.5. The van der Waals surface area contributed by atoms with Crippen LogP contribution in [-0.4, -0.2) is 31.1 Å². The van der Waals surface area contributed by atoms with Crippen molar-refractivity contribution in [2.24, 2.45) is 0 Å². The SMILES string of the molecule is COCCCNC(=O)C(C#N)=Cc1ccc([N+](=O)[O-])cc1. The van der Waals surface area contributed by atoms with Crippen molar-refractivity contribution < 1.29 is 14.5 Å². The Morgan fingerprint density at radius 2 is 2.14 bits per heavy atom. The number of benzene rings is 1. The molecule has 1 aromatic rings. The van der Waals surface area contributed by atoms with Gasteiger partial charge in [-0.15, -0.1) is 0 Å². The van der Waals surface area contributed by atoms with Crippen LogP contribution < -0.4 is 5.32 Å². The van der Waals surface area contributed by atoms with Crippen molar-refractivity contribution in [2.75, 3.05) is 20.3 Å². The lowest BCUT2D eigenvalue weighted by Gasteiger charge is -2.03. The van der Waals surface area contributed by atoms with Crippen LogP contribution in [0.1, 0.15) is 12.0 Å². The Balaban J connectivity index is 2.72. The second kappa shape index (κ2) is 8.45. The highest BCUT2D eigenvalue weighted by Crippen LogP contribution is 2.14. The normalized spacial score (nSPS) is 10.8. The van der Waals surface area contributed by atoms with Gasteiger partial charge >= 0.3 is 0 Å². The number of non-ortho nitro benzene ring substituents is 1. The number of rotatable bonds is 7. The lowest BCUT2D eigenvalue weighted by molar-refractivity contribution is -0.384. The smallest absolute Gasteiger partial charge is 0.269 e. The predicted molar refractivity (Wildman–Crippen MR) is 76.2 cm³/mol. The maximum atomic E-state index is 11.8. The number of carbonyl (C=O) groups is 1. The second-order valence-corrected chi connectivity index (χ2v) is 4.12. The summed E-state index contributed by atoms with van der Waals surface area (Å²) in [5.41, 5.74) is 0.445. The van der Waals surface area contributed by atoms with E-state index in [-0.39, 0.29) is 11.3 Å².